The van der Waals surface area contributed by atoms with Gasteiger partial charge in [0, 0.05) is 31.4 Å². The minimum absolute atomic E-state index is 0.535. The molecule has 0 radical (unpaired) electrons. The smallest absolute Gasteiger partial charge is 0.0537 e. The van der Waals surface area contributed by atoms with Gasteiger partial charge in [-0.25, -0.2) is 0 Å². The molecule has 0 spiro atoms. The molecular formula is C16H21N3. The predicted molar refractivity (Wildman–Crippen MR) is 76.8 cm³/mol. The average molecular weight is 255 g/mol. The van der Waals surface area contributed by atoms with E-state index < -0.39 is 0 Å². The highest BCUT2D eigenvalue weighted by Crippen LogP contribution is 2.33. The van der Waals surface area contributed by atoms with Gasteiger partial charge in [-0.15, -0.1) is 0 Å². The highest BCUT2D eigenvalue weighted by atomic mass is 15.3. The van der Waals surface area contributed by atoms with Gasteiger partial charge in [0.25, 0.3) is 0 Å². The molecule has 3 rings (SSSR count). The number of nitrogens with zero attached hydrogens (tertiary/aromatic N) is 3. The van der Waals surface area contributed by atoms with Crippen LogP contribution in [0.4, 0.5) is 0 Å². The fourth-order valence-corrected chi connectivity index (χ4v) is 3.01. The summed E-state index contributed by atoms with van der Waals surface area (Å²) in [4.78, 5) is 2.58. The third kappa shape index (κ3) is 2.56. The van der Waals surface area contributed by atoms with Crippen LogP contribution in [-0.4, -0.2) is 21.2 Å². The standard InChI is InChI=1S/C16H21N3/c1-13-6-3-4-7-14(13)12-19-9-5-8-16(19)15-10-17-18(2)11-15/h3-4,6-7,10-11,16H,5,8-9,12H2,1-2H3. The minimum Gasteiger partial charge on any atom is -0.292 e. The molecule has 1 unspecified atom stereocenters. The highest BCUT2D eigenvalue weighted by Gasteiger charge is 2.27. The van der Waals surface area contributed by atoms with Crippen LogP contribution in [0.3, 0.4) is 0 Å². The fourth-order valence-electron chi connectivity index (χ4n) is 3.01. The minimum atomic E-state index is 0.535. The Kier molecular flexibility index (Phi) is 3.38. The van der Waals surface area contributed by atoms with Gasteiger partial charge in [-0.05, 0) is 37.4 Å². The first-order valence-electron chi connectivity index (χ1n) is 7.01. The molecule has 1 aromatic carbocycles. The molecule has 2 aromatic rings. The summed E-state index contributed by atoms with van der Waals surface area (Å²) in [7, 11) is 1.99. The largest absolute Gasteiger partial charge is 0.292 e. The van der Waals surface area contributed by atoms with Crippen molar-refractivity contribution in [3.05, 3.63) is 53.3 Å². The predicted octanol–water partition coefficient (Wildman–Crippen LogP) is 3.07. The number of rotatable bonds is 3. The van der Waals surface area contributed by atoms with Crippen molar-refractivity contribution in [2.24, 2.45) is 7.05 Å². The zero-order chi connectivity index (χ0) is 13.2. The van der Waals surface area contributed by atoms with E-state index in [1.54, 1.807) is 0 Å². The van der Waals surface area contributed by atoms with Gasteiger partial charge in [0.05, 0.1) is 6.20 Å². The van der Waals surface area contributed by atoms with Crippen molar-refractivity contribution in [3.8, 4) is 0 Å². The molecule has 0 amide bonds. The van der Waals surface area contributed by atoms with Crippen LogP contribution in [0.2, 0.25) is 0 Å². The van der Waals surface area contributed by atoms with E-state index in [9.17, 15) is 0 Å². The third-order valence-electron chi connectivity index (χ3n) is 4.11. The summed E-state index contributed by atoms with van der Waals surface area (Å²) in [5.74, 6) is 0. The summed E-state index contributed by atoms with van der Waals surface area (Å²) in [5, 5.41) is 4.31. The number of benzene rings is 1. The highest BCUT2D eigenvalue weighted by molar-refractivity contribution is 5.26. The van der Waals surface area contributed by atoms with Gasteiger partial charge in [0.1, 0.15) is 0 Å². The van der Waals surface area contributed by atoms with Crippen LogP contribution in [0, 0.1) is 6.92 Å². The quantitative estimate of drug-likeness (QED) is 0.840. The van der Waals surface area contributed by atoms with Crippen LogP contribution in [0.5, 0.6) is 0 Å². The molecule has 1 fully saturated rings. The van der Waals surface area contributed by atoms with Gasteiger partial charge in [-0.1, -0.05) is 24.3 Å². The summed E-state index contributed by atoms with van der Waals surface area (Å²) >= 11 is 0. The lowest BCUT2D eigenvalue weighted by Crippen LogP contribution is -2.22. The molecule has 19 heavy (non-hydrogen) atoms. The fraction of sp³-hybridized carbons (Fsp3) is 0.438. The van der Waals surface area contributed by atoms with Crippen molar-refractivity contribution < 1.29 is 0 Å². The molecule has 1 aliphatic heterocycles. The second-order valence-electron chi connectivity index (χ2n) is 5.50. The number of hydrogen-bond donors (Lipinski definition) is 0. The lowest BCUT2D eigenvalue weighted by Gasteiger charge is -2.24. The Labute approximate surface area is 114 Å². The van der Waals surface area contributed by atoms with E-state index in [1.807, 2.05) is 17.9 Å². The van der Waals surface area contributed by atoms with Crippen LogP contribution in [0.25, 0.3) is 0 Å². The summed E-state index contributed by atoms with van der Waals surface area (Å²) in [6, 6.07) is 9.23. The third-order valence-corrected chi connectivity index (χ3v) is 4.11. The van der Waals surface area contributed by atoms with Gasteiger partial charge in [-0.2, -0.15) is 5.10 Å². The maximum Gasteiger partial charge on any atom is 0.0537 e. The molecule has 3 heteroatoms. The molecule has 3 nitrogen and oxygen atoms in total. The normalized spacial score (nSPS) is 20.0. The maximum absolute atomic E-state index is 4.31. The summed E-state index contributed by atoms with van der Waals surface area (Å²) in [6.45, 7) is 4.44. The zero-order valence-electron chi connectivity index (χ0n) is 11.7. The van der Waals surface area contributed by atoms with E-state index >= 15 is 0 Å². The zero-order valence-corrected chi connectivity index (χ0v) is 11.7. The monoisotopic (exact) mass is 255 g/mol. The first-order valence-corrected chi connectivity index (χ1v) is 7.01. The van der Waals surface area contributed by atoms with Crippen molar-refractivity contribution in [3.63, 3.8) is 0 Å². The first kappa shape index (κ1) is 12.4. The van der Waals surface area contributed by atoms with Gasteiger partial charge in [-0.3, -0.25) is 9.58 Å². The topological polar surface area (TPSA) is 21.1 Å². The molecule has 0 saturated carbocycles. The Bertz CT molecular complexity index is 559. The van der Waals surface area contributed by atoms with Crippen LogP contribution >= 0.6 is 0 Å². The Balaban J connectivity index is 1.79. The molecule has 0 N–H and O–H groups in total. The van der Waals surface area contributed by atoms with Gasteiger partial charge in [0.2, 0.25) is 0 Å². The first-order chi connectivity index (χ1) is 9.24. The van der Waals surface area contributed by atoms with Crippen molar-refractivity contribution in [2.75, 3.05) is 6.54 Å². The van der Waals surface area contributed by atoms with E-state index in [2.05, 4.69) is 47.4 Å². The number of likely N-dealkylation sites (tertiary alicyclic amines) is 1. The number of aromatic nitrogens is 2. The van der Waals surface area contributed by atoms with Gasteiger partial charge >= 0.3 is 0 Å². The molecule has 1 saturated heterocycles. The second-order valence-corrected chi connectivity index (χ2v) is 5.50. The van der Waals surface area contributed by atoms with E-state index in [0.717, 1.165) is 6.54 Å². The Hall–Kier alpha value is -1.61. The molecule has 1 aromatic heterocycles. The molecule has 0 aliphatic carbocycles. The van der Waals surface area contributed by atoms with E-state index in [-0.39, 0.29) is 0 Å². The molecule has 0 bridgehead atoms. The van der Waals surface area contributed by atoms with E-state index in [0.29, 0.717) is 6.04 Å². The van der Waals surface area contributed by atoms with Crippen molar-refractivity contribution in [2.45, 2.75) is 32.4 Å². The van der Waals surface area contributed by atoms with Crippen LogP contribution in [0.15, 0.2) is 36.7 Å². The molecule has 1 aliphatic rings. The Morgan fingerprint density at radius 1 is 1.32 bits per heavy atom. The number of hydrogen-bond acceptors (Lipinski definition) is 2. The van der Waals surface area contributed by atoms with E-state index in [4.69, 9.17) is 0 Å². The molecule has 100 valence electrons. The van der Waals surface area contributed by atoms with Crippen LogP contribution in [0.1, 0.15) is 35.6 Å². The number of aryl methyl sites for hydroxylation is 2. The van der Waals surface area contributed by atoms with Gasteiger partial charge in [0.15, 0.2) is 0 Å². The summed E-state index contributed by atoms with van der Waals surface area (Å²) < 4.78 is 1.90. The van der Waals surface area contributed by atoms with Crippen molar-refractivity contribution in [1.82, 2.24) is 14.7 Å². The lowest BCUT2D eigenvalue weighted by atomic mass is 10.1. The average Bonchev–Trinajstić information content (AvgIpc) is 3.01. The van der Waals surface area contributed by atoms with Crippen molar-refractivity contribution >= 4 is 0 Å². The molecule has 1 atom stereocenters. The maximum atomic E-state index is 4.31. The molecular weight excluding hydrogens is 234 g/mol. The van der Waals surface area contributed by atoms with Crippen molar-refractivity contribution in [1.29, 1.82) is 0 Å². The van der Waals surface area contributed by atoms with E-state index in [1.165, 1.54) is 36.1 Å². The second kappa shape index (κ2) is 5.17. The Morgan fingerprint density at radius 3 is 2.89 bits per heavy atom. The lowest BCUT2D eigenvalue weighted by molar-refractivity contribution is 0.248. The van der Waals surface area contributed by atoms with Crippen LogP contribution < -0.4 is 0 Å². The van der Waals surface area contributed by atoms with Gasteiger partial charge < -0.3 is 0 Å². The summed E-state index contributed by atoms with van der Waals surface area (Å²) in [5.41, 5.74) is 4.19. The SMILES string of the molecule is Cc1ccccc1CN1CCCC1c1cnn(C)c1. The summed E-state index contributed by atoms with van der Waals surface area (Å²) in [6.07, 6.45) is 6.70. The van der Waals surface area contributed by atoms with Crippen LogP contribution in [-0.2, 0) is 13.6 Å². The Morgan fingerprint density at radius 2 is 2.16 bits per heavy atom. The molecule has 2 heterocycles.